The zero-order chi connectivity index (χ0) is 13.5. The van der Waals surface area contributed by atoms with Gasteiger partial charge < -0.3 is 5.73 Å². The molecule has 1 aromatic rings. The first kappa shape index (κ1) is 14.9. The van der Waals surface area contributed by atoms with E-state index in [4.69, 9.17) is 5.73 Å². The van der Waals surface area contributed by atoms with Crippen LogP contribution < -0.4 is 5.73 Å². The van der Waals surface area contributed by atoms with Crippen LogP contribution in [0.1, 0.15) is 44.2 Å². The number of nitrogens with two attached hydrogens (primary N) is 1. The maximum atomic E-state index is 12.1. The van der Waals surface area contributed by atoms with E-state index in [-0.39, 0.29) is 12.0 Å². The van der Waals surface area contributed by atoms with Crippen LogP contribution in [0.2, 0.25) is 0 Å². The predicted molar refractivity (Wildman–Crippen MR) is 76.6 cm³/mol. The zero-order valence-corrected chi connectivity index (χ0v) is 11.8. The lowest BCUT2D eigenvalue weighted by Crippen LogP contribution is -2.17. The van der Waals surface area contributed by atoms with Crippen molar-refractivity contribution in [1.29, 1.82) is 0 Å². The Morgan fingerprint density at radius 2 is 2.00 bits per heavy atom. The van der Waals surface area contributed by atoms with E-state index in [1.807, 2.05) is 26.0 Å². The topological polar surface area (TPSA) is 43.1 Å². The van der Waals surface area contributed by atoms with Crippen LogP contribution in [0.15, 0.2) is 24.3 Å². The van der Waals surface area contributed by atoms with Crippen molar-refractivity contribution in [2.45, 2.75) is 52.5 Å². The summed E-state index contributed by atoms with van der Waals surface area (Å²) >= 11 is 0. The first-order valence-corrected chi connectivity index (χ1v) is 6.83. The third-order valence-corrected chi connectivity index (χ3v) is 3.31. The highest BCUT2D eigenvalue weighted by atomic mass is 16.1. The third-order valence-electron chi connectivity index (χ3n) is 3.31. The van der Waals surface area contributed by atoms with Crippen molar-refractivity contribution in [1.82, 2.24) is 0 Å². The molecule has 100 valence electrons. The van der Waals surface area contributed by atoms with Crippen LogP contribution in [-0.2, 0) is 11.2 Å². The van der Waals surface area contributed by atoms with Gasteiger partial charge in [0.05, 0.1) is 0 Å². The zero-order valence-electron chi connectivity index (χ0n) is 11.8. The number of ketones is 1. The molecule has 0 radical (unpaired) electrons. The summed E-state index contributed by atoms with van der Waals surface area (Å²) in [6.07, 6.45) is 3.55. The molecule has 2 N–H and O–H groups in total. The van der Waals surface area contributed by atoms with Crippen molar-refractivity contribution in [2.75, 3.05) is 0 Å². The fourth-order valence-corrected chi connectivity index (χ4v) is 2.10. The smallest absolute Gasteiger partial charge is 0.140 e. The molecule has 2 unspecified atom stereocenters. The van der Waals surface area contributed by atoms with Gasteiger partial charge in [-0.1, -0.05) is 43.2 Å². The van der Waals surface area contributed by atoms with Crippen LogP contribution in [-0.4, -0.2) is 11.8 Å². The van der Waals surface area contributed by atoms with Gasteiger partial charge in [0.1, 0.15) is 5.78 Å². The molecule has 0 heterocycles. The van der Waals surface area contributed by atoms with Crippen LogP contribution in [0.3, 0.4) is 0 Å². The van der Waals surface area contributed by atoms with E-state index < -0.39 is 0 Å². The standard InChI is InChI=1S/C16H25NO/c1-12-6-4-9-15(10-12)11-16(18)13(2)7-5-8-14(3)17/h4,6,9-10,13-14H,5,7-8,11,17H2,1-3H3. The Hall–Kier alpha value is -1.15. The molecule has 0 aliphatic heterocycles. The molecule has 0 bridgehead atoms. The highest BCUT2D eigenvalue weighted by Gasteiger charge is 2.13. The van der Waals surface area contributed by atoms with Gasteiger partial charge in [0.15, 0.2) is 0 Å². The summed E-state index contributed by atoms with van der Waals surface area (Å²) in [5.74, 6) is 0.481. The number of Topliss-reactive ketones (excluding diaryl/α,β-unsaturated/α-hetero) is 1. The van der Waals surface area contributed by atoms with Crippen molar-refractivity contribution in [3.8, 4) is 0 Å². The maximum Gasteiger partial charge on any atom is 0.140 e. The lowest BCUT2D eigenvalue weighted by molar-refractivity contribution is -0.121. The van der Waals surface area contributed by atoms with E-state index in [0.29, 0.717) is 12.2 Å². The Bertz CT molecular complexity index is 384. The van der Waals surface area contributed by atoms with E-state index >= 15 is 0 Å². The number of carbonyl (C=O) groups is 1. The van der Waals surface area contributed by atoms with Gasteiger partial charge >= 0.3 is 0 Å². The molecule has 0 saturated heterocycles. The normalized spacial score (nSPS) is 14.2. The molecule has 0 aromatic heterocycles. The largest absolute Gasteiger partial charge is 0.328 e. The van der Waals surface area contributed by atoms with Crippen LogP contribution in [0.5, 0.6) is 0 Å². The summed E-state index contributed by atoms with van der Waals surface area (Å²) in [6.45, 7) is 6.10. The van der Waals surface area contributed by atoms with Gasteiger partial charge in [0.25, 0.3) is 0 Å². The van der Waals surface area contributed by atoms with Gasteiger partial charge in [-0.2, -0.15) is 0 Å². The van der Waals surface area contributed by atoms with E-state index in [0.717, 1.165) is 24.8 Å². The molecule has 0 aliphatic rings. The van der Waals surface area contributed by atoms with Crippen LogP contribution >= 0.6 is 0 Å². The molecule has 0 aliphatic carbocycles. The molecule has 2 atom stereocenters. The van der Waals surface area contributed by atoms with Crippen LogP contribution in [0.25, 0.3) is 0 Å². The van der Waals surface area contributed by atoms with Gasteiger partial charge in [-0.15, -0.1) is 0 Å². The Kier molecular flexibility index (Phi) is 6.06. The number of carbonyl (C=O) groups excluding carboxylic acids is 1. The number of hydrogen-bond acceptors (Lipinski definition) is 2. The fourth-order valence-electron chi connectivity index (χ4n) is 2.10. The summed E-state index contributed by atoms with van der Waals surface area (Å²) in [6, 6.07) is 8.43. The van der Waals surface area contributed by atoms with E-state index in [1.165, 1.54) is 5.56 Å². The summed E-state index contributed by atoms with van der Waals surface area (Å²) in [7, 11) is 0. The van der Waals surface area contributed by atoms with Gasteiger partial charge in [-0.25, -0.2) is 0 Å². The molecule has 1 rings (SSSR count). The number of benzene rings is 1. The molecule has 2 heteroatoms. The highest BCUT2D eigenvalue weighted by molar-refractivity contribution is 5.82. The van der Waals surface area contributed by atoms with E-state index in [2.05, 4.69) is 19.1 Å². The lowest BCUT2D eigenvalue weighted by atomic mass is 9.93. The van der Waals surface area contributed by atoms with Gasteiger partial charge in [0.2, 0.25) is 0 Å². The van der Waals surface area contributed by atoms with Gasteiger partial charge in [-0.3, -0.25) is 4.79 Å². The Balaban J connectivity index is 2.40. The molecule has 18 heavy (non-hydrogen) atoms. The average molecular weight is 247 g/mol. The highest BCUT2D eigenvalue weighted by Crippen LogP contribution is 2.14. The lowest BCUT2D eigenvalue weighted by Gasteiger charge is -2.11. The Morgan fingerprint density at radius 3 is 2.61 bits per heavy atom. The average Bonchev–Trinajstić information content (AvgIpc) is 2.28. The maximum absolute atomic E-state index is 12.1. The molecule has 2 nitrogen and oxygen atoms in total. The molecule has 0 fully saturated rings. The monoisotopic (exact) mass is 247 g/mol. The number of rotatable bonds is 7. The van der Waals surface area contributed by atoms with Crippen molar-refractivity contribution in [3.05, 3.63) is 35.4 Å². The van der Waals surface area contributed by atoms with Crippen LogP contribution in [0.4, 0.5) is 0 Å². The van der Waals surface area contributed by atoms with E-state index in [9.17, 15) is 4.79 Å². The molecule has 0 amide bonds. The van der Waals surface area contributed by atoms with Gasteiger partial charge in [-0.05, 0) is 32.3 Å². The first-order valence-electron chi connectivity index (χ1n) is 6.83. The summed E-state index contributed by atoms with van der Waals surface area (Å²) in [5.41, 5.74) is 8.05. The fraction of sp³-hybridized carbons (Fsp3) is 0.562. The molecule has 1 aromatic carbocycles. The minimum absolute atomic E-state index is 0.143. The Morgan fingerprint density at radius 1 is 1.28 bits per heavy atom. The van der Waals surface area contributed by atoms with Crippen molar-refractivity contribution < 1.29 is 4.79 Å². The number of hydrogen-bond donors (Lipinski definition) is 1. The first-order chi connectivity index (χ1) is 8.49. The summed E-state index contributed by atoms with van der Waals surface area (Å²) < 4.78 is 0. The van der Waals surface area contributed by atoms with E-state index in [1.54, 1.807) is 0 Å². The second-order valence-corrected chi connectivity index (χ2v) is 5.44. The second-order valence-electron chi connectivity index (χ2n) is 5.44. The quantitative estimate of drug-likeness (QED) is 0.803. The van der Waals surface area contributed by atoms with Crippen molar-refractivity contribution in [2.24, 2.45) is 11.7 Å². The minimum atomic E-state index is 0.143. The Labute approximate surface area is 111 Å². The summed E-state index contributed by atoms with van der Waals surface area (Å²) in [5, 5.41) is 0. The van der Waals surface area contributed by atoms with Crippen LogP contribution in [0, 0.1) is 12.8 Å². The SMILES string of the molecule is Cc1cccc(CC(=O)C(C)CCCC(C)N)c1. The molecule has 0 saturated carbocycles. The number of aryl methyl sites for hydroxylation is 1. The minimum Gasteiger partial charge on any atom is -0.328 e. The molecular weight excluding hydrogens is 222 g/mol. The molecular formula is C16H25NO. The predicted octanol–water partition coefficient (Wildman–Crippen LogP) is 3.26. The molecule has 0 spiro atoms. The second kappa shape index (κ2) is 7.32. The third kappa shape index (κ3) is 5.46. The van der Waals surface area contributed by atoms with Crippen molar-refractivity contribution >= 4 is 5.78 Å². The van der Waals surface area contributed by atoms with Gasteiger partial charge in [0, 0.05) is 18.4 Å². The summed E-state index contributed by atoms with van der Waals surface area (Å²) in [4.78, 5) is 12.1. The van der Waals surface area contributed by atoms with Crippen molar-refractivity contribution in [3.63, 3.8) is 0 Å².